The van der Waals surface area contributed by atoms with Gasteiger partial charge >= 0.3 is 0 Å². The van der Waals surface area contributed by atoms with Gasteiger partial charge in [0.25, 0.3) is 0 Å². The van der Waals surface area contributed by atoms with Gasteiger partial charge in [-0.3, -0.25) is 0 Å². The topological polar surface area (TPSA) is 81.7 Å². The molecule has 0 aliphatic carbocycles. The van der Waals surface area contributed by atoms with Crippen molar-refractivity contribution in [3.05, 3.63) is 47.7 Å². The lowest BCUT2D eigenvalue weighted by molar-refractivity contribution is 0.304. The van der Waals surface area contributed by atoms with Crippen molar-refractivity contribution in [2.75, 3.05) is 80.0 Å². The maximum atomic E-state index is 13.0. The third-order valence-corrected chi connectivity index (χ3v) is 6.39. The van der Waals surface area contributed by atoms with E-state index in [1.165, 1.54) is 0 Å². The maximum Gasteiger partial charge on any atom is 0.229 e. The van der Waals surface area contributed by atoms with Gasteiger partial charge in [-0.05, 0) is 37.4 Å². The summed E-state index contributed by atoms with van der Waals surface area (Å²) < 4.78 is 18.7. The van der Waals surface area contributed by atoms with Crippen molar-refractivity contribution >= 4 is 46.2 Å². The highest BCUT2D eigenvalue weighted by molar-refractivity contribution is 6.32. The van der Waals surface area contributed by atoms with Crippen molar-refractivity contribution in [3.8, 4) is 5.75 Å². The van der Waals surface area contributed by atoms with Gasteiger partial charge in [-0.25, -0.2) is 14.4 Å². The van der Waals surface area contributed by atoms with E-state index >= 15 is 0 Å². The molecular formula is C24H28ClFN8O. The Hall–Kier alpha value is -3.37. The fourth-order valence-corrected chi connectivity index (χ4v) is 4.29. The summed E-state index contributed by atoms with van der Waals surface area (Å²) in [6.07, 6.45) is 3.32. The molecule has 2 aliphatic heterocycles. The largest absolute Gasteiger partial charge is 0.490 e. The molecule has 3 aromatic rings. The first-order chi connectivity index (χ1) is 17.1. The van der Waals surface area contributed by atoms with Crippen molar-refractivity contribution < 1.29 is 9.13 Å². The lowest BCUT2D eigenvalue weighted by atomic mass is 10.2. The highest BCUT2D eigenvalue weighted by Gasteiger charge is 2.19. The number of halogens is 2. The summed E-state index contributed by atoms with van der Waals surface area (Å²) in [5.74, 6) is 2.55. The van der Waals surface area contributed by atoms with Gasteiger partial charge in [0.1, 0.15) is 29.9 Å². The Bertz CT molecular complexity index is 1160. The predicted octanol–water partition coefficient (Wildman–Crippen LogP) is 3.93. The Morgan fingerprint density at radius 2 is 1.83 bits per heavy atom. The summed E-state index contributed by atoms with van der Waals surface area (Å²) in [7, 11) is 2.13. The van der Waals surface area contributed by atoms with Crippen molar-refractivity contribution in [1.82, 2.24) is 19.9 Å². The van der Waals surface area contributed by atoms with Crippen LogP contribution in [0.25, 0.3) is 0 Å². The van der Waals surface area contributed by atoms with E-state index in [9.17, 15) is 4.39 Å². The van der Waals surface area contributed by atoms with Crippen LogP contribution in [0.15, 0.2) is 42.7 Å². The molecule has 0 radical (unpaired) electrons. The maximum absolute atomic E-state index is 13.0. The molecule has 1 fully saturated rings. The highest BCUT2D eigenvalue weighted by atomic mass is 35.5. The zero-order valence-corrected chi connectivity index (χ0v) is 20.3. The molecule has 0 spiro atoms. The number of likely N-dealkylation sites (N-methyl/N-ethyl adjacent to an activating group) is 1. The van der Waals surface area contributed by atoms with Gasteiger partial charge < -0.3 is 30.1 Å². The molecule has 0 saturated carbocycles. The number of hydrogen-bond acceptors (Lipinski definition) is 9. The molecule has 2 aromatic heterocycles. The first kappa shape index (κ1) is 23.4. The van der Waals surface area contributed by atoms with Crippen LogP contribution >= 0.6 is 11.6 Å². The van der Waals surface area contributed by atoms with Crippen LogP contribution in [-0.2, 0) is 0 Å². The molecule has 11 heteroatoms. The number of fused-ring (bicyclic) bond motifs is 1. The lowest BCUT2D eigenvalue weighted by Gasteiger charge is -2.33. The Balaban J connectivity index is 1.28. The Labute approximate surface area is 208 Å². The number of benzene rings is 1. The number of alkyl halides is 1. The molecule has 2 N–H and O–H groups in total. The number of aromatic nitrogens is 3. The molecule has 5 rings (SSSR count). The van der Waals surface area contributed by atoms with E-state index in [4.69, 9.17) is 16.3 Å². The van der Waals surface area contributed by atoms with Gasteiger partial charge in [0, 0.05) is 38.4 Å². The van der Waals surface area contributed by atoms with Crippen molar-refractivity contribution in [3.63, 3.8) is 0 Å². The number of rotatable bonds is 7. The molecule has 1 aromatic carbocycles. The van der Waals surface area contributed by atoms with Crippen LogP contribution in [0.2, 0.25) is 5.02 Å². The van der Waals surface area contributed by atoms with Crippen molar-refractivity contribution in [2.45, 2.75) is 0 Å². The minimum Gasteiger partial charge on any atom is -0.490 e. The van der Waals surface area contributed by atoms with Crippen LogP contribution in [0, 0.1) is 0 Å². The predicted molar refractivity (Wildman–Crippen MR) is 138 cm³/mol. The number of hydrogen-bond donors (Lipinski definition) is 2. The second-order valence-corrected chi connectivity index (χ2v) is 8.95. The van der Waals surface area contributed by atoms with Gasteiger partial charge in [0.05, 0.1) is 30.3 Å². The van der Waals surface area contributed by atoms with Crippen LogP contribution in [0.4, 0.5) is 39.0 Å². The van der Waals surface area contributed by atoms with Crippen LogP contribution in [0.5, 0.6) is 5.75 Å². The Morgan fingerprint density at radius 1 is 1.00 bits per heavy atom. The van der Waals surface area contributed by atoms with Gasteiger partial charge in [-0.1, -0.05) is 11.6 Å². The minimum atomic E-state index is -0.422. The first-order valence-corrected chi connectivity index (χ1v) is 12.0. The number of nitrogens with zero attached hydrogens (tertiary/aromatic N) is 6. The third-order valence-electron chi connectivity index (χ3n) is 6.11. The summed E-state index contributed by atoms with van der Waals surface area (Å²) in [4.78, 5) is 20.0. The molecule has 2 aliphatic rings. The zero-order chi connectivity index (χ0) is 24.2. The monoisotopic (exact) mass is 498 g/mol. The van der Waals surface area contributed by atoms with E-state index in [0.717, 1.165) is 54.8 Å². The molecule has 0 atom stereocenters. The zero-order valence-electron chi connectivity index (χ0n) is 19.5. The molecular weight excluding hydrogens is 471 g/mol. The average molecular weight is 499 g/mol. The molecule has 184 valence electrons. The first-order valence-electron chi connectivity index (χ1n) is 11.6. The molecule has 1 saturated heterocycles. The quantitative estimate of drug-likeness (QED) is 0.503. The van der Waals surface area contributed by atoms with E-state index in [-0.39, 0.29) is 0 Å². The fraction of sp³-hybridized carbons (Fsp3) is 0.375. The molecule has 4 heterocycles. The summed E-state index contributed by atoms with van der Waals surface area (Å²) >= 11 is 6.37. The van der Waals surface area contributed by atoms with Gasteiger partial charge in [-0.2, -0.15) is 4.98 Å². The standard InChI is InChI=1S/C24H28ClFN8O/c1-32-8-10-34(11-9-32)22-5-3-18(15-27-22)30-24-28-16-19(25)23(31-24)29-17-2-4-21-20(14-17)33(7-6-26)12-13-35-21/h2-5,14-16H,6-13H2,1H3,(H2,28,29,30,31). The fourth-order valence-electron chi connectivity index (χ4n) is 4.15. The van der Waals surface area contributed by atoms with E-state index in [1.54, 1.807) is 12.4 Å². The molecule has 35 heavy (non-hydrogen) atoms. The van der Waals surface area contributed by atoms with Crippen LogP contribution in [0.3, 0.4) is 0 Å². The number of anilines is 6. The van der Waals surface area contributed by atoms with Gasteiger partial charge in [0.15, 0.2) is 5.82 Å². The minimum absolute atomic E-state index is 0.323. The van der Waals surface area contributed by atoms with Crippen LogP contribution in [0.1, 0.15) is 0 Å². The van der Waals surface area contributed by atoms with Crippen molar-refractivity contribution in [1.29, 1.82) is 0 Å². The van der Waals surface area contributed by atoms with E-state index in [2.05, 4.69) is 42.4 Å². The smallest absolute Gasteiger partial charge is 0.229 e. The number of ether oxygens (including phenoxy) is 1. The number of pyridine rings is 1. The molecule has 9 nitrogen and oxygen atoms in total. The summed E-state index contributed by atoms with van der Waals surface area (Å²) in [6, 6.07) is 9.63. The number of piperazine rings is 1. The van der Waals surface area contributed by atoms with E-state index in [0.29, 0.717) is 36.5 Å². The SMILES string of the molecule is CN1CCN(c2ccc(Nc3ncc(Cl)c(Nc4ccc5c(c4)N(CCF)CCO5)n3)cn2)CC1. The molecule has 0 bridgehead atoms. The lowest BCUT2D eigenvalue weighted by Crippen LogP contribution is -2.44. The number of nitrogens with one attached hydrogen (secondary N) is 2. The summed E-state index contributed by atoms with van der Waals surface area (Å²) in [5, 5.41) is 6.81. The highest BCUT2D eigenvalue weighted by Crippen LogP contribution is 2.35. The summed E-state index contributed by atoms with van der Waals surface area (Å²) in [6.45, 7) is 5.07. The van der Waals surface area contributed by atoms with Gasteiger partial charge in [-0.15, -0.1) is 0 Å². The van der Waals surface area contributed by atoms with Crippen molar-refractivity contribution in [2.24, 2.45) is 0 Å². The average Bonchev–Trinajstić information content (AvgIpc) is 2.88. The normalized spacial score (nSPS) is 16.0. The van der Waals surface area contributed by atoms with E-state index in [1.807, 2.05) is 35.2 Å². The van der Waals surface area contributed by atoms with Crippen LogP contribution in [-0.4, -0.2) is 79.4 Å². The Morgan fingerprint density at radius 3 is 2.60 bits per heavy atom. The second-order valence-electron chi connectivity index (χ2n) is 8.54. The third kappa shape index (κ3) is 5.49. The Kier molecular flexibility index (Phi) is 7.01. The summed E-state index contributed by atoms with van der Waals surface area (Å²) in [5.41, 5.74) is 2.39. The van der Waals surface area contributed by atoms with E-state index < -0.39 is 6.67 Å². The van der Waals surface area contributed by atoms with Gasteiger partial charge in [0.2, 0.25) is 5.95 Å². The van der Waals surface area contributed by atoms with Crippen LogP contribution < -0.4 is 25.2 Å². The second kappa shape index (κ2) is 10.5. The molecule has 0 amide bonds. The molecule has 0 unspecified atom stereocenters.